The van der Waals surface area contributed by atoms with E-state index in [1.807, 2.05) is 26.0 Å². The molecule has 1 aromatic carbocycles. The molecule has 0 aliphatic rings. The van der Waals surface area contributed by atoms with Gasteiger partial charge in [-0.05, 0) is 44.4 Å². The number of rotatable bonds is 7. The highest BCUT2D eigenvalue weighted by molar-refractivity contribution is 14.0. The van der Waals surface area contributed by atoms with E-state index in [4.69, 9.17) is 0 Å². The Hall–Kier alpha value is -1.11. The fourth-order valence-corrected chi connectivity index (χ4v) is 1.78. The molecule has 0 spiro atoms. The van der Waals surface area contributed by atoms with E-state index in [9.17, 15) is 4.39 Å². The molecule has 2 N–H and O–H groups in total. The lowest BCUT2D eigenvalue weighted by Gasteiger charge is -2.11. The second-order valence-electron chi connectivity index (χ2n) is 4.43. The highest BCUT2D eigenvalue weighted by Crippen LogP contribution is 2.03. The summed E-state index contributed by atoms with van der Waals surface area (Å²) in [5, 5.41) is 6.46. The third-order valence-corrected chi connectivity index (χ3v) is 2.74. The van der Waals surface area contributed by atoms with Crippen LogP contribution in [-0.2, 0) is 6.42 Å². The highest BCUT2D eigenvalue weighted by atomic mass is 127. The lowest BCUT2D eigenvalue weighted by Crippen LogP contribution is -2.38. The predicted octanol–water partition coefficient (Wildman–Crippen LogP) is 3.51. The van der Waals surface area contributed by atoms with Crippen LogP contribution in [0.5, 0.6) is 0 Å². The van der Waals surface area contributed by atoms with Crippen LogP contribution in [0.1, 0.15) is 25.8 Å². The van der Waals surface area contributed by atoms with Crippen molar-refractivity contribution in [3.05, 3.63) is 47.8 Å². The lowest BCUT2D eigenvalue weighted by molar-refractivity contribution is 0.625. The van der Waals surface area contributed by atoms with Crippen LogP contribution < -0.4 is 10.6 Å². The summed E-state index contributed by atoms with van der Waals surface area (Å²) < 4.78 is 13.0. The van der Waals surface area contributed by atoms with Crippen LogP contribution in [0.3, 0.4) is 0 Å². The maximum Gasteiger partial charge on any atom is 0.191 e. The average Bonchev–Trinajstić information content (AvgIpc) is 2.43. The third kappa shape index (κ3) is 9.44. The van der Waals surface area contributed by atoms with E-state index < -0.39 is 0 Å². The zero-order valence-electron chi connectivity index (χ0n) is 12.7. The van der Waals surface area contributed by atoms with Crippen molar-refractivity contribution in [2.75, 3.05) is 19.6 Å². The molecule has 1 aromatic rings. The van der Waals surface area contributed by atoms with Crippen LogP contribution in [0.4, 0.5) is 4.39 Å². The number of allylic oxidation sites excluding steroid dienone is 1. The molecule has 118 valence electrons. The van der Waals surface area contributed by atoms with E-state index >= 15 is 0 Å². The first-order chi connectivity index (χ1) is 9.76. The third-order valence-electron chi connectivity index (χ3n) is 2.74. The minimum atomic E-state index is -0.186. The molecule has 0 saturated carbocycles. The van der Waals surface area contributed by atoms with Gasteiger partial charge in [0.15, 0.2) is 5.96 Å². The molecule has 0 saturated heterocycles. The minimum absolute atomic E-state index is 0. The maximum atomic E-state index is 13.0. The molecule has 21 heavy (non-hydrogen) atoms. The smallest absolute Gasteiger partial charge is 0.191 e. The first-order valence-corrected chi connectivity index (χ1v) is 7.14. The Morgan fingerprint density at radius 3 is 2.81 bits per heavy atom. The molecule has 0 amide bonds. The van der Waals surface area contributed by atoms with Crippen LogP contribution in [0.2, 0.25) is 0 Å². The summed E-state index contributed by atoms with van der Waals surface area (Å²) in [6.07, 6.45) is 5.84. The molecule has 0 unspecified atom stereocenters. The van der Waals surface area contributed by atoms with Gasteiger partial charge in [-0.1, -0.05) is 24.3 Å². The molecule has 0 atom stereocenters. The first kappa shape index (κ1) is 19.9. The van der Waals surface area contributed by atoms with Crippen molar-refractivity contribution < 1.29 is 4.39 Å². The van der Waals surface area contributed by atoms with Gasteiger partial charge in [0.1, 0.15) is 5.82 Å². The van der Waals surface area contributed by atoms with E-state index in [0.717, 1.165) is 44.0 Å². The number of benzene rings is 1. The Kier molecular flexibility index (Phi) is 12.0. The summed E-state index contributed by atoms with van der Waals surface area (Å²) in [7, 11) is 0. The summed E-state index contributed by atoms with van der Waals surface area (Å²) in [4.78, 5) is 4.47. The second kappa shape index (κ2) is 12.6. The molecule has 0 aliphatic carbocycles. The van der Waals surface area contributed by atoms with Crippen LogP contribution in [-0.4, -0.2) is 25.6 Å². The summed E-state index contributed by atoms with van der Waals surface area (Å²) in [6.45, 7) is 6.37. The minimum Gasteiger partial charge on any atom is -0.357 e. The number of aliphatic imine (C=N–C) groups is 1. The first-order valence-electron chi connectivity index (χ1n) is 7.14. The summed E-state index contributed by atoms with van der Waals surface area (Å²) in [6, 6.07) is 6.70. The zero-order valence-corrected chi connectivity index (χ0v) is 15.1. The van der Waals surface area contributed by atoms with Crippen molar-refractivity contribution in [3.8, 4) is 0 Å². The Balaban J connectivity index is 0.00000400. The van der Waals surface area contributed by atoms with E-state index in [2.05, 4.69) is 21.7 Å². The van der Waals surface area contributed by atoms with Gasteiger partial charge in [0.2, 0.25) is 0 Å². The Labute approximate surface area is 144 Å². The van der Waals surface area contributed by atoms with Gasteiger partial charge in [0.05, 0.1) is 0 Å². The van der Waals surface area contributed by atoms with Crippen molar-refractivity contribution in [2.45, 2.75) is 26.7 Å². The van der Waals surface area contributed by atoms with Crippen molar-refractivity contribution in [1.82, 2.24) is 10.6 Å². The molecule has 0 aliphatic heterocycles. The van der Waals surface area contributed by atoms with Crippen molar-refractivity contribution in [2.24, 2.45) is 4.99 Å². The molecule has 5 heteroatoms. The highest BCUT2D eigenvalue weighted by Gasteiger charge is 1.98. The number of nitrogens with one attached hydrogen (secondary N) is 2. The van der Waals surface area contributed by atoms with Gasteiger partial charge in [-0.3, -0.25) is 4.99 Å². The fourth-order valence-electron chi connectivity index (χ4n) is 1.78. The largest absolute Gasteiger partial charge is 0.357 e. The van der Waals surface area contributed by atoms with Gasteiger partial charge in [-0.2, -0.15) is 0 Å². The SMILES string of the molecule is C/C=C/CCN=C(NCC)NCCc1cccc(F)c1.I. The van der Waals surface area contributed by atoms with Gasteiger partial charge in [0, 0.05) is 19.6 Å². The molecule has 1 rings (SSSR count). The zero-order chi connectivity index (χ0) is 14.6. The second-order valence-corrected chi connectivity index (χ2v) is 4.43. The van der Waals surface area contributed by atoms with Crippen molar-refractivity contribution in [3.63, 3.8) is 0 Å². The fraction of sp³-hybridized carbons (Fsp3) is 0.438. The molecule has 3 nitrogen and oxygen atoms in total. The molecule has 0 heterocycles. The Morgan fingerprint density at radius 2 is 2.14 bits per heavy atom. The van der Waals surface area contributed by atoms with Crippen LogP contribution >= 0.6 is 24.0 Å². The molecule has 0 fully saturated rings. The number of nitrogens with zero attached hydrogens (tertiary/aromatic N) is 1. The lowest BCUT2D eigenvalue weighted by atomic mass is 10.1. The van der Waals surface area contributed by atoms with E-state index in [1.54, 1.807) is 12.1 Å². The molecule has 0 bridgehead atoms. The van der Waals surface area contributed by atoms with E-state index in [-0.39, 0.29) is 29.8 Å². The molecule has 0 radical (unpaired) electrons. The standard InChI is InChI=1S/C16H24FN3.HI/c1-3-5-6-11-19-16(18-4-2)20-12-10-14-8-7-9-15(17)13-14;/h3,5,7-9,13H,4,6,10-12H2,1-2H3,(H2,18,19,20);1H/b5-3+;. The van der Waals surface area contributed by atoms with Gasteiger partial charge >= 0.3 is 0 Å². The quantitative estimate of drug-likeness (QED) is 0.240. The van der Waals surface area contributed by atoms with Gasteiger partial charge in [-0.25, -0.2) is 4.39 Å². The van der Waals surface area contributed by atoms with Crippen LogP contribution in [0.25, 0.3) is 0 Å². The number of halogens is 2. The number of hydrogen-bond acceptors (Lipinski definition) is 1. The van der Waals surface area contributed by atoms with Crippen LogP contribution in [0.15, 0.2) is 41.4 Å². The van der Waals surface area contributed by atoms with Crippen LogP contribution in [0, 0.1) is 5.82 Å². The molecular weight excluding hydrogens is 380 g/mol. The number of guanidine groups is 1. The van der Waals surface area contributed by atoms with Crippen molar-refractivity contribution in [1.29, 1.82) is 0 Å². The van der Waals surface area contributed by atoms with E-state index in [0.29, 0.717) is 0 Å². The summed E-state index contributed by atoms with van der Waals surface area (Å²) >= 11 is 0. The summed E-state index contributed by atoms with van der Waals surface area (Å²) in [5.41, 5.74) is 0.988. The Morgan fingerprint density at radius 1 is 1.33 bits per heavy atom. The van der Waals surface area contributed by atoms with Crippen molar-refractivity contribution >= 4 is 29.9 Å². The molecular formula is C16H25FIN3. The van der Waals surface area contributed by atoms with Gasteiger partial charge in [0.25, 0.3) is 0 Å². The van der Waals surface area contributed by atoms with Gasteiger partial charge in [-0.15, -0.1) is 24.0 Å². The monoisotopic (exact) mass is 405 g/mol. The molecule has 0 aromatic heterocycles. The number of hydrogen-bond donors (Lipinski definition) is 2. The topological polar surface area (TPSA) is 36.4 Å². The maximum absolute atomic E-state index is 13.0. The average molecular weight is 405 g/mol. The predicted molar refractivity (Wildman–Crippen MR) is 98.9 cm³/mol. The van der Waals surface area contributed by atoms with E-state index in [1.165, 1.54) is 6.07 Å². The summed E-state index contributed by atoms with van der Waals surface area (Å²) in [5.74, 6) is 0.628. The van der Waals surface area contributed by atoms with Gasteiger partial charge < -0.3 is 10.6 Å². The normalized spacial score (nSPS) is 11.3. The Bertz CT molecular complexity index is 447.